The standard InChI is InChI=1S/C17H22Cl2N4O/c1-10-7-11(18)13(8-14(10)24-6)23(17(2,3)4)16-21-9-12(19)15(20-5)22-16/h7-9H,1-6H3,(H,20,21,22). The van der Waals surface area contributed by atoms with Crippen LogP contribution in [0, 0.1) is 6.92 Å². The third-order valence-corrected chi connectivity index (χ3v) is 4.12. The highest BCUT2D eigenvalue weighted by molar-refractivity contribution is 6.33. The highest BCUT2D eigenvalue weighted by Gasteiger charge is 2.29. The second kappa shape index (κ2) is 7.03. The van der Waals surface area contributed by atoms with E-state index in [0.29, 0.717) is 21.8 Å². The molecule has 24 heavy (non-hydrogen) atoms. The summed E-state index contributed by atoms with van der Waals surface area (Å²) in [5.74, 6) is 1.82. The van der Waals surface area contributed by atoms with Gasteiger partial charge in [-0.15, -0.1) is 0 Å². The van der Waals surface area contributed by atoms with Crippen molar-refractivity contribution in [3.05, 3.63) is 33.9 Å². The number of hydrogen-bond acceptors (Lipinski definition) is 5. The molecule has 7 heteroatoms. The van der Waals surface area contributed by atoms with Crippen molar-refractivity contribution in [3.63, 3.8) is 0 Å². The van der Waals surface area contributed by atoms with Crippen LogP contribution < -0.4 is 15.0 Å². The fourth-order valence-corrected chi connectivity index (χ4v) is 2.93. The Kier molecular flexibility index (Phi) is 5.45. The van der Waals surface area contributed by atoms with Crippen LogP contribution in [-0.4, -0.2) is 29.7 Å². The molecule has 0 aliphatic rings. The summed E-state index contributed by atoms with van der Waals surface area (Å²) in [6.45, 7) is 8.14. The predicted octanol–water partition coefficient (Wildman–Crippen LogP) is 5.08. The average Bonchev–Trinajstić information content (AvgIpc) is 2.50. The Morgan fingerprint density at radius 2 is 1.83 bits per heavy atom. The fourth-order valence-electron chi connectivity index (χ4n) is 2.44. The van der Waals surface area contributed by atoms with E-state index in [9.17, 15) is 0 Å². The van der Waals surface area contributed by atoms with E-state index in [1.807, 2.05) is 24.0 Å². The first-order valence-corrected chi connectivity index (χ1v) is 8.29. The van der Waals surface area contributed by atoms with Gasteiger partial charge in [0.05, 0.1) is 24.0 Å². The molecule has 0 aliphatic carbocycles. The lowest BCUT2D eigenvalue weighted by Crippen LogP contribution is -2.39. The van der Waals surface area contributed by atoms with E-state index in [1.165, 1.54) is 0 Å². The quantitative estimate of drug-likeness (QED) is 0.815. The lowest BCUT2D eigenvalue weighted by atomic mass is 10.0. The summed E-state index contributed by atoms with van der Waals surface area (Å²) in [7, 11) is 3.40. The molecule has 130 valence electrons. The lowest BCUT2D eigenvalue weighted by Gasteiger charge is -2.36. The smallest absolute Gasteiger partial charge is 0.232 e. The number of ether oxygens (including phenoxy) is 1. The van der Waals surface area contributed by atoms with E-state index in [2.05, 4.69) is 36.1 Å². The molecule has 1 heterocycles. The van der Waals surface area contributed by atoms with Gasteiger partial charge in [-0.3, -0.25) is 0 Å². The largest absolute Gasteiger partial charge is 0.496 e. The number of hydrogen-bond donors (Lipinski definition) is 1. The van der Waals surface area contributed by atoms with Crippen molar-refractivity contribution < 1.29 is 4.74 Å². The summed E-state index contributed by atoms with van der Waals surface area (Å²) in [4.78, 5) is 10.9. The molecule has 1 aromatic carbocycles. The van der Waals surface area contributed by atoms with Crippen LogP contribution in [-0.2, 0) is 0 Å². The van der Waals surface area contributed by atoms with Gasteiger partial charge in [0.15, 0.2) is 0 Å². The maximum absolute atomic E-state index is 6.52. The van der Waals surface area contributed by atoms with Gasteiger partial charge in [0, 0.05) is 18.7 Å². The van der Waals surface area contributed by atoms with Gasteiger partial charge in [0.25, 0.3) is 0 Å². The Morgan fingerprint density at radius 3 is 2.38 bits per heavy atom. The molecule has 5 nitrogen and oxygen atoms in total. The molecule has 1 aromatic heterocycles. The van der Waals surface area contributed by atoms with Gasteiger partial charge in [-0.1, -0.05) is 23.2 Å². The number of nitrogens with one attached hydrogen (secondary N) is 1. The molecule has 0 aliphatic heterocycles. The van der Waals surface area contributed by atoms with Gasteiger partial charge in [-0.2, -0.15) is 4.98 Å². The van der Waals surface area contributed by atoms with E-state index in [1.54, 1.807) is 20.4 Å². The van der Waals surface area contributed by atoms with E-state index >= 15 is 0 Å². The molecule has 0 spiro atoms. The normalized spacial score (nSPS) is 11.3. The fraction of sp³-hybridized carbons (Fsp3) is 0.412. The summed E-state index contributed by atoms with van der Waals surface area (Å²) in [6.07, 6.45) is 1.58. The first-order chi connectivity index (χ1) is 11.2. The highest BCUT2D eigenvalue weighted by Crippen LogP contribution is 2.40. The molecule has 0 saturated carbocycles. The first-order valence-electron chi connectivity index (χ1n) is 7.53. The molecule has 0 amide bonds. The molecule has 0 radical (unpaired) electrons. The zero-order valence-corrected chi connectivity index (χ0v) is 16.2. The molecule has 1 N–H and O–H groups in total. The van der Waals surface area contributed by atoms with E-state index in [-0.39, 0.29) is 5.54 Å². The number of methoxy groups -OCH3 is 1. The SMILES string of the molecule is CNc1nc(N(c2cc(OC)c(C)cc2Cl)C(C)(C)C)ncc1Cl. The summed E-state index contributed by atoms with van der Waals surface area (Å²) < 4.78 is 5.44. The van der Waals surface area contributed by atoms with Crippen molar-refractivity contribution in [2.45, 2.75) is 33.2 Å². The second-order valence-corrected chi connectivity index (χ2v) is 7.21. The van der Waals surface area contributed by atoms with Gasteiger partial charge in [-0.25, -0.2) is 4.98 Å². The first kappa shape index (κ1) is 18.6. The van der Waals surface area contributed by atoms with Gasteiger partial charge in [0.1, 0.15) is 16.6 Å². The maximum Gasteiger partial charge on any atom is 0.232 e. The van der Waals surface area contributed by atoms with Crippen LogP contribution in [0.3, 0.4) is 0 Å². The van der Waals surface area contributed by atoms with Crippen LogP contribution >= 0.6 is 23.2 Å². The number of aryl methyl sites for hydroxylation is 1. The molecule has 0 bridgehead atoms. The topological polar surface area (TPSA) is 50.3 Å². The Labute approximate surface area is 153 Å². The summed E-state index contributed by atoms with van der Waals surface area (Å²) >= 11 is 12.6. The van der Waals surface area contributed by atoms with Crippen LogP contribution in [0.15, 0.2) is 18.3 Å². The molecule has 2 aromatic rings. The van der Waals surface area contributed by atoms with Crippen molar-refractivity contribution in [2.75, 3.05) is 24.4 Å². The molecule has 0 fully saturated rings. The molecular formula is C17H22Cl2N4O. The van der Waals surface area contributed by atoms with E-state index in [4.69, 9.17) is 27.9 Å². The van der Waals surface area contributed by atoms with Crippen molar-refractivity contribution in [1.82, 2.24) is 9.97 Å². The second-order valence-electron chi connectivity index (χ2n) is 6.40. The summed E-state index contributed by atoms with van der Waals surface area (Å²) in [5.41, 5.74) is 1.42. The van der Waals surface area contributed by atoms with Crippen LogP contribution in [0.2, 0.25) is 10.0 Å². The Morgan fingerprint density at radius 1 is 1.17 bits per heavy atom. The van der Waals surface area contributed by atoms with Crippen LogP contribution in [0.5, 0.6) is 5.75 Å². The van der Waals surface area contributed by atoms with E-state index < -0.39 is 0 Å². The van der Waals surface area contributed by atoms with Crippen molar-refractivity contribution in [2.24, 2.45) is 0 Å². The average molecular weight is 369 g/mol. The predicted molar refractivity (Wildman–Crippen MR) is 101 cm³/mol. The van der Waals surface area contributed by atoms with Crippen LogP contribution in [0.4, 0.5) is 17.5 Å². The van der Waals surface area contributed by atoms with Gasteiger partial charge in [0.2, 0.25) is 5.95 Å². The van der Waals surface area contributed by atoms with Crippen LogP contribution in [0.25, 0.3) is 0 Å². The zero-order valence-electron chi connectivity index (χ0n) is 14.7. The number of nitrogens with zero attached hydrogens (tertiary/aromatic N) is 3. The number of benzene rings is 1. The highest BCUT2D eigenvalue weighted by atomic mass is 35.5. The molecule has 0 unspecified atom stereocenters. The van der Waals surface area contributed by atoms with Gasteiger partial charge < -0.3 is 15.0 Å². The Bertz CT molecular complexity index is 744. The minimum absolute atomic E-state index is 0.317. The third-order valence-electron chi connectivity index (χ3n) is 3.54. The van der Waals surface area contributed by atoms with Gasteiger partial charge >= 0.3 is 0 Å². The number of aromatic nitrogens is 2. The third kappa shape index (κ3) is 3.68. The van der Waals surface area contributed by atoms with Crippen LogP contribution in [0.1, 0.15) is 26.3 Å². The molecule has 0 saturated heterocycles. The molecular weight excluding hydrogens is 347 g/mol. The number of rotatable bonds is 4. The molecule has 0 atom stereocenters. The minimum atomic E-state index is -0.317. The minimum Gasteiger partial charge on any atom is -0.496 e. The van der Waals surface area contributed by atoms with Crippen molar-refractivity contribution in [1.29, 1.82) is 0 Å². The summed E-state index contributed by atoms with van der Waals surface area (Å²) in [5, 5.41) is 4.04. The summed E-state index contributed by atoms with van der Waals surface area (Å²) in [6, 6.07) is 3.78. The maximum atomic E-state index is 6.52. The molecule has 2 rings (SSSR count). The van der Waals surface area contributed by atoms with Crippen molar-refractivity contribution >= 4 is 40.7 Å². The lowest BCUT2D eigenvalue weighted by molar-refractivity contribution is 0.411. The Balaban J connectivity index is 2.67. The van der Waals surface area contributed by atoms with E-state index in [0.717, 1.165) is 17.0 Å². The Hall–Kier alpha value is -1.72. The van der Waals surface area contributed by atoms with Crippen molar-refractivity contribution in [3.8, 4) is 5.75 Å². The van der Waals surface area contributed by atoms with Gasteiger partial charge in [-0.05, 0) is 39.3 Å². The monoisotopic (exact) mass is 368 g/mol. The number of anilines is 3. The zero-order chi connectivity index (χ0) is 18.1. The number of halogens is 2.